The average molecular weight is 311 g/mol. The van der Waals surface area contributed by atoms with Crippen LogP contribution >= 0.6 is 0 Å². The summed E-state index contributed by atoms with van der Waals surface area (Å²) in [4.78, 5) is 11.5. The van der Waals surface area contributed by atoms with Gasteiger partial charge in [0.25, 0.3) is 0 Å². The first kappa shape index (κ1) is 17.5. The van der Waals surface area contributed by atoms with Crippen LogP contribution in [0.1, 0.15) is 64.0 Å². The van der Waals surface area contributed by atoms with Gasteiger partial charge >= 0.3 is 0 Å². The standard InChI is InChI=1S/C20H29N3/c1-4-6-11-17(12-7-5-2)19-15-21-16-20(22-19)23(3)18-13-9-8-10-14-18/h8-10,13-17H,4-7,11-12H2,1-3H3. The maximum absolute atomic E-state index is 4.92. The topological polar surface area (TPSA) is 29.0 Å². The van der Waals surface area contributed by atoms with Gasteiger partial charge < -0.3 is 4.90 Å². The van der Waals surface area contributed by atoms with Gasteiger partial charge in [-0.1, -0.05) is 57.7 Å². The minimum absolute atomic E-state index is 0.534. The Hall–Kier alpha value is -1.90. The Morgan fingerprint density at radius 1 is 0.957 bits per heavy atom. The highest BCUT2D eigenvalue weighted by Gasteiger charge is 2.15. The maximum Gasteiger partial charge on any atom is 0.151 e. The van der Waals surface area contributed by atoms with E-state index in [1.807, 2.05) is 18.5 Å². The summed E-state index contributed by atoms with van der Waals surface area (Å²) in [6.45, 7) is 4.50. The van der Waals surface area contributed by atoms with E-state index in [4.69, 9.17) is 4.98 Å². The normalized spacial score (nSPS) is 11.0. The molecule has 0 aliphatic heterocycles. The van der Waals surface area contributed by atoms with Crippen LogP contribution in [0.3, 0.4) is 0 Å². The number of hydrogen-bond donors (Lipinski definition) is 0. The second kappa shape index (κ2) is 9.29. The summed E-state index contributed by atoms with van der Waals surface area (Å²) in [6.07, 6.45) is 11.2. The van der Waals surface area contributed by atoms with E-state index in [1.54, 1.807) is 0 Å². The molecule has 0 amide bonds. The number of benzene rings is 1. The van der Waals surface area contributed by atoms with Crippen LogP contribution in [-0.4, -0.2) is 17.0 Å². The van der Waals surface area contributed by atoms with Crippen molar-refractivity contribution >= 4 is 11.5 Å². The predicted molar refractivity (Wildman–Crippen MR) is 98.3 cm³/mol. The average Bonchev–Trinajstić information content (AvgIpc) is 2.62. The predicted octanol–water partition coefficient (Wildman–Crippen LogP) is 5.71. The molecule has 2 aromatic rings. The maximum atomic E-state index is 4.92. The third kappa shape index (κ3) is 5.05. The van der Waals surface area contributed by atoms with Crippen LogP contribution < -0.4 is 4.90 Å². The van der Waals surface area contributed by atoms with Crippen LogP contribution in [0.2, 0.25) is 0 Å². The third-order valence-electron chi connectivity index (χ3n) is 4.36. The fourth-order valence-electron chi connectivity index (χ4n) is 2.85. The van der Waals surface area contributed by atoms with E-state index in [9.17, 15) is 0 Å². The van der Waals surface area contributed by atoms with Gasteiger partial charge in [0.1, 0.15) is 0 Å². The Balaban J connectivity index is 2.19. The fourth-order valence-corrected chi connectivity index (χ4v) is 2.85. The number of anilines is 2. The Bertz CT molecular complexity index is 560. The summed E-state index contributed by atoms with van der Waals surface area (Å²) in [7, 11) is 2.05. The first-order chi connectivity index (χ1) is 11.3. The van der Waals surface area contributed by atoms with E-state index in [0.717, 1.165) is 17.2 Å². The van der Waals surface area contributed by atoms with Crippen molar-refractivity contribution in [3.05, 3.63) is 48.4 Å². The third-order valence-corrected chi connectivity index (χ3v) is 4.36. The number of aromatic nitrogens is 2. The molecule has 124 valence electrons. The van der Waals surface area contributed by atoms with Crippen molar-refractivity contribution in [1.29, 1.82) is 0 Å². The van der Waals surface area contributed by atoms with Crippen LogP contribution in [0.25, 0.3) is 0 Å². The van der Waals surface area contributed by atoms with Crippen LogP contribution in [0.5, 0.6) is 0 Å². The summed E-state index contributed by atoms with van der Waals surface area (Å²) in [5, 5.41) is 0. The highest BCUT2D eigenvalue weighted by Crippen LogP contribution is 2.28. The molecule has 0 N–H and O–H groups in total. The van der Waals surface area contributed by atoms with Crippen molar-refractivity contribution < 1.29 is 0 Å². The lowest BCUT2D eigenvalue weighted by Crippen LogP contribution is -2.13. The first-order valence-corrected chi connectivity index (χ1v) is 8.87. The Labute approximate surface area is 140 Å². The highest BCUT2D eigenvalue weighted by molar-refractivity contribution is 5.58. The van der Waals surface area contributed by atoms with E-state index in [0.29, 0.717) is 5.92 Å². The Morgan fingerprint density at radius 2 is 1.61 bits per heavy atom. The van der Waals surface area contributed by atoms with Gasteiger partial charge in [-0.25, -0.2) is 4.98 Å². The minimum atomic E-state index is 0.534. The lowest BCUT2D eigenvalue weighted by atomic mass is 9.93. The van der Waals surface area contributed by atoms with Crippen molar-refractivity contribution in [2.75, 3.05) is 11.9 Å². The lowest BCUT2D eigenvalue weighted by molar-refractivity contribution is 0.513. The van der Waals surface area contributed by atoms with E-state index < -0.39 is 0 Å². The summed E-state index contributed by atoms with van der Waals surface area (Å²) >= 11 is 0. The molecule has 0 aliphatic rings. The Kier molecular flexibility index (Phi) is 7.05. The molecule has 1 aromatic carbocycles. The number of rotatable bonds is 9. The van der Waals surface area contributed by atoms with Crippen molar-refractivity contribution in [1.82, 2.24) is 9.97 Å². The molecule has 0 saturated carbocycles. The zero-order chi connectivity index (χ0) is 16.5. The molecule has 3 heteroatoms. The molecule has 0 radical (unpaired) electrons. The van der Waals surface area contributed by atoms with E-state index in [1.165, 1.54) is 38.5 Å². The van der Waals surface area contributed by atoms with Crippen LogP contribution in [0.15, 0.2) is 42.7 Å². The fraction of sp³-hybridized carbons (Fsp3) is 0.500. The highest BCUT2D eigenvalue weighted by atomic mass is 15.2. The summed E-state index contributed by atoms with van der Waals surface area (Å²) < 4.78 is 0. The smallest absolute Gasteiger partial charge is 0.151 e. The van der Waals surface area contributed by atoms with Crippen molar-refractivity contribution in [3.63, 3.8) is 0 Å². The molecule has 0 aliphatic carbocycles. The van der Waals surface area contributed by atoms with Gasteiger partial charge in [-0.05, 0) is 25.0 Å². The molecule has 0 atom stereocenters. The van der Waals surface area contributed by atoms with Crippen LogP contribution in [0, 0.1) is 0 Å². The van der Waals surface area contributed by atoms with E-state index in [-0.39, 0.29) is 0 Å². The Morgan fingerprint density at radius 3 is 2.22 bits per heavy atom. The molecule has 2 rings (SSSR count). The van der Waals surface area contributed by atoms with Crippen molar-refractivity contribution in [2.24, 2.45) is 0 Å². The summed E-state index contributed by atoms with van der Waals surface area (Å²) in [5.74, 6) is 1.46. The largest absolute Gasteiger partial charge is 0.328 e. The molecule has 0 saturated heterocycles. The van der Waals surface area contributed by atoms with E-state index in [2.05, 4.69) is 55.0 Å². The number of nitrogens with zero attached hydrogens (tertiary/aromatic N) is 3. The number of hydrogen-bond acceptors (Lipinski definition) is 3. The molecule has 0 fully saturated rings. The second-order valence-electron chi connectivity index (χ2n) is 6.18. The summed E-state index contributed by atoms with van der Waals surface area (Å²) in [5.41, 5.74) is 2.28. The van der Waals surface area contributed by atoms with Gasteiger partial charge in [-0.15, -0.1) is 0 Å². The van der Waals surface area contributed by atoms with Gasteiger partial charge in [0.2, 0.25) is 0 Å². The van der Waals surface area contributed by atoms with Crippen molar-refractivity contribution in [2.45, 2.75) is 58.3 Å². The van der Waals surface area contributed by atoms with Gasteiger partial charge in [0.05, 0.1) is 11.9 Å². The molecule has 1 heterocycles. The molecule has 0 unspecified atom stereocenters. The van der Waals surface area contributed by atoms with Gasteiger partial charge in [-0.3, -0.25) is 4.98 Å². The second-order valence-corrected chi connectivity index (χ2v) is 6.18. The molecule has 23 heavy (non-hydrogen) atoms. The number of unbranched alkanes of at least 4 members (excludes halogenated alkanes) is 2. The zero-order valence-corrected chi connectivity index (χ0v) is 14.7. The van der Waals surface area contributed by atoms with Gasteiger partial charge in [0.15, 0.2) is 5.82 Å². The van der Waals surface area contributed by atoms with E-state index >= 15 is 0 Å². The molecule has 0 bridgehead atoms. The molecular weight excluding hydrogens is 282 g/mol. The molecule has 3 nitrogen and oxygen atoms in total. The zero-order valence-electron chi connectivity index (χ0n) is 14.7. The van der Waals surface area contributed by atoms with Gasteiger partial charge in [-0.2, -0.15) is 0 Å². The first-order valence-electron chi connectivity index (χ1n) is 8.87. The number of para-hydroxylation sites is 1. The van der Waals surface area contributed by atoms with Crippen molar-refractivity contribution in [3.8, 4) is 0 Å². The molecular formula is C20H29N3. The molecule has 1 aromatic heterocycles. The summed E-state index contributed by atoms with van der Waals surface area (Å²) in [6, 6.07) is 10.3. The lowest BCUT2D eigenvalue weighted by Gasteiger charge is -2.21. The van der Waals surface area contributed by atoms with Gasteiger partial charge in [0, 0.05) is 24.8 Å². The minimum Gasteiger partial charge on any atom is -0.328 e. The quantitative estimate of drug-likeness (QED) is 0.594. The monoisotopic (exact) mass is 311 g/mol. The molecule has 0 spiro atoms. The SMILES string of the molecule is CCCCC(CCCC)c1cncc(N(C)c2ccccc2)n1. The van der Waals surface area contributed by atoms with Crippen LogP contribution in [0.4, 0.5) is 11.5 Å². The van der Waals surface area contributed by atoms with Crippen LogP contribution in [-0.2, 0) is 0 Å².